The van der Waals surface area contributed by atoms with E-state index in [1.165, 1.54) is 13.2 Å². The van der Waals surface area contributed by atoms with Crippen LogP contribution in [0.4, 0.5) is 5.69 Å². The summed E-state index contributed by atoms with van der Waals surface area (Å²) in [6.45, 7) is 1.61. The number of carbonyl (C=O) groups is 1. The quantitative estimate of drug-likeness (QED) is 0.635. The lowest BCUT2D eigenvalue weighted by molar-refractivity contribution is -0.385. The van der Waals surface area contributed by atoms with Gasteiger partial charge in [0, 0.05) is 19.0 Å². The van der Waals surface area contributed by atoms with Crippen LogP contribution in [0.15, 0.2) is 24.3 Å². The number of hydrogen-bond acceptors (Lipinski definition) is 4. The molecule has 0 N–H and O–H groups in total. The van der Waals surface area contributed by atoms with Crippen molar-refractivity contribution in [3.05, 3.63) is 40.0 Å². The van der Waals surface area contributed by atoms with E-state index in [4.69, 9.17) is 4.74 Å². The lowest BCUT2D eigenvalue weighted by Gasteiger charge is -2.33. The van der Waals surface area contributed by atoms with Crippen LogP contribution in [-0.2, 0) is 4.79 Å². The number of hydrogen-bond donors (Lipinski definition) is 0. The molecule has 22 heavy (non-hydrogen) atoms. The first kappa shape index (κ1) is 14.6. The zero-order chi connectivity index (χ0) is 15.9. The summed E-state index contributed by atoms with van der Waals surface area (Å²) in [5.41, 5.74) is 2.04. The highest BCUT2D eigenvalue weighted by Crippen LogP contribution is 2.40. The Hall–Kier alpha value is -2.37. The molecule has 1 aromatic rings. The summed E-state index contributed by atoms with van der Waals surface area (Å²) in [5, 5.41) is 11.0. The summed E-state index contributed by atoms with van der Waals surface area (Å²) >= 11 is 0. The van der Waals surface area contributed by atoms with E-state index in [2.05, 4.69) is 6.08 Å². The van der Waals surface area contributed by atoms with E-state index < -0.39 is 4.92 Å². The fourth-order valence-corrected chi connectivity index (χ4v) is 3.56. The molecule has 2 bridgehead atoms. The summed E-state index contributed by atoms with van der Waals surface area (Å²) in [6.07, 6.45) is 4.90. The van der Waals surface area contributed by atoms with Gasteiger partial charge < -0.3 is 9.64 Å². The Morgan fingerprint density at radius 3 is 2.77 bits per heavy atom. The van der Waals surface area contributed by atoms with Crippen LogP contribution in [0.25, 0.3) is 5.57 Å². The molecule has 3 rings (SSSR count). The van der Waals surface area contributed by atoms with Crippen LogP contribution in [0.5, 0.6) is 5.75 Å². The van der Waals surface area contributed by atoms with Gasteiger partial charge in [0.25, 0.3) is 0 Å². The molecule has 2 atom stereocenters. The van der Waals surface area contributed by atoms with Gasteiger partial charge in [-0.05, 0) is 42.5 Å². The molecule has 0 aliphatic carbocycles. The third kappa shape index (κ3) is 2.34. The maximum Gasteiger partial charge on any atom is 0.310 e. The predicted octanol–water partition coefficient (Wildman–Crippen LogP) is 2.77. The number of nitro benzene ring substituents is 1. The minimum atomic E-state index is -0.445. The van der Waals surface area contributed by atoms with E-state index in [-0.39, 0.29) is 29.4 Å². The van der Waals surface area contributed by atoms with E-state index in [1.54, 1.807) is 19.1 Å². The summed E-state index contributed by atoms with van der Waals surface area (Å²) in [6, 6.07) is 5.34. The molecule has 1 saturated heterocycles. The van der Waals surface area contributed by atoms with Crippen LogP contribution < -0.4 is 4.74 Å². The molecule has 2 aliphatic heterocycles. The van der Waals surface area contributed by atoms with Crippen molar-refractivity contribution in [2.24, 2.45) is 0 Å². The summed E-state index contributed by atoms with van der Waals surface area (Å²) in [5.74, 6) is 0.383. The van der Waals surface area contributed by atoms with Crippen LogP contribution in [0, 0.1) is 10.1 Å². The molecule has 1 aromatic carbocycles. The van der Waals surface area contributed by atoms with Crippen molar-refractivity contribution < 1.29 is 14.5 Å². The summed E-state index contributed by atoms with van der Waals surface area (Å²) < 4.78 is 5.13. The average molecular weight is 302 g/mol. The van der Waals surface area contributed by atoms with Crippen LogP contribution in [-0.4, -0.2) is 34.9 Å². The van der Waals surface area contributed by atoms with E-state index in [9.17, 15) is 14.9 Å². The van der Waals surface area contributed by atoms with Crippen molar-refractivity contribution in [2.45, 2.75) is 38.3 Å². The number of ether oxygens (including phenoxy) is 1. The Morgan fingerprint density at radius 2 is 2.18 bits per heavy atom. The highest BCUT2D eigenvalue weighted by molar-refractivity contribution is 5.78. The van der Waals surface area contributed by atoms with Crippen molar-refractivity contribution in [2.75, 3.05) is 7.11 Å². The number of carbonyl (C=O) groups excluding carboxylic acids is 1. The maximum atomic E-state index is 11.7. The van der Waals surface area contributed by atoms with Crippen molar-refractivity contribution in [3.63, 3.8) is 0 Å². The second kappa shape index (κ2) is 5.44. The first-order valence-corrected chi connectivity index (χ1v) is 7.33. The molecule has 0 spiro atoms. The molecule has 6 heteroatoms. The van der Waals surface area contributed by atoms with E-state index in [1.807, 2.05) is 4.90 Å². The van der Waals surface area contributed by atoms with Gasteiger partial charge in [0.05, 0.1) is 18.1 Å². The normalized spacial score (nSPS) is 23.2. The topological polar surface area (TPSA) is 72.7 Å². The lowest BCUT2D eigenvalue weighted by atomic mass is 9.94. The highest BCUT2D eigenvalue weighted by Gasteiger charge is 2.38. The highest BCUT2D eigenvalue weighted by atomic mass is 16.6. The minimum absolute atomic E-state index is 0.0315. The van der Waals surface area contributed by atoms with Gasteiger partial charge in [0.2, 0.25) is 5.91 Å². The molecular weight excluding hydrogens is 284 g/mol. The first-order chi connectivity index (χ1) is 10.5. The van der Waals surface area contributed by atoms with Crippen molar-refractivity contribution in [1.82, 2.24) is 4.90 Å². The molecule has 2 heterocycles. The first-order valence-electron chi connectivity index (χ1n) is 7.33. The number of nitrogens with zero attached hydrogens (tertiary/aromatic N) is 2. The van der Waals surface area contributed by atoms with Crippen molar-refractivity contribution >= 4 is 17.2 Å². The van der Waals surface area contributed by atoms with Crippen molar-refractivity contribution in [3.8, 4) is 5.75 Å². The third-order valence-corrected chi connectivity index (χ3v) is 4.51. The second-order valence-electron chi connectivity index (χ2n) is 5.76. The molecular formula is C16H18N2O4. The molecule has 116 valence electrons. The number of fused-ring (bicyclic) bond motifs is 2. The largest absolute Gasteiger partial charge is 0.490 e. The van der Waals surface area contributed by atoms with Gasteiger partial charge in [0.15, 0.2) is 5.75 Å². The molecule has 0 radical (unpaired) electrons. The summed E-state index contributed by atoms with van der Waals surface area (Å²) in [4.78, 5) is 24.2. The molecule has 1 amide bonds. The Balaban J connectivity index is 1.94. The zero-order valence-electron chi connectivity index (χ0n) is 12.6. The predicted molar refractivity (Wildman–Crippen MR) is 81.6 cm³/mol. The van der Waals surface area contributed by atoms with Gasteiger partial charge in [-0.1, -0.05) is 6.08 Å². The van der Waals surface area contributed by atoms with Gasteiger partial charge >= 0.3 is 5.69 Å². The standard InChI is InChI=1S/C16H18N2O4/c1-10(19)17-13-4-5-14(17)8-12(7-13)11-3-6-15(18(20)21)16(9-11)22-2/h3,6-7,9,13-14H,4-5,8H2,1-2H3. The minimum Gasteiger partial charge on any atom is -0.490 e. The Labute approximate surface area is 128 Å². The molecule has 0 saturated carbocycles. The second-order valence-corrected chi connectivity index (χ2v) is 5.76. The van der Waals surface area contributed by atoms with Crippen LogP contribution >= 0.6 is 0 Å². The van der Waals surface area contributed by atoms with E-state index in [0.29, 0.717) is 0 Å². The average Bonchev–Trinajstić information content (AvgIpc) is 2.77. The fraction of sp³-hybridized carbons (Fsp3) is 0.438. The van der Waals surface area contributed by atoms with Gasteiger partial charge in [-0.25, -0.2) is 0 Å². The summed E-state index contributed by atoms with van der Waals surface area (Å²) in [7, 11) is 1.43. The van der Waals surface area contributed by atoms with Gasteiger partial charge in [-0.15, -0.1) is 0 Å². The maximum absolute atomic E-state index is 11.7. The van der Waals surface area contributed by atoms with Crippen molar-refractivity contribution in [1.29, 1.82) is 0 Å². The number of nitro groups is 1. The molecule has 2 unspecified atom stereocenters. The van der Waals surface area contributed by atoms with Gasteiger partial charge in [-0.3, -0.25) is 14.9 Å². The van der Waals surface area contributed by atoms with Crippen LogP contribution in [0.2, 0.25) is 0 Å². The van der Waals surface area contributed by atoms with E-state index in [0.717, 1.165) is 30.4 Å². The molecule has 6 nitrogen and oxygen atoms in total. The smallest absolute Gasteiger partial charge is 0.310 e. The lowest BCUT2D eigenvalue weighted by Crippen LogP contribution is -2.41. The van der Waals surface area contributed by atoms with Crippen LogP contribution in [0.1, 0.15) is 31.7 Å². The number of benzene rings is 1. The SMILES string of the molecule is COc1cc(C2=CC3CCC(C2)N3C(C)=O)ccc1[N+](=O)[O-]. The van der Waals surface area contributed by atoms with Gasteiger partial charge in [-0.2, -0.15) is 0 Å². The number of amides is 1. The zero-order valence-corrected chi connectivity index (χ0v) is 12.6. The third-order valence-electron chi connectivity index (χ3n) is 4.51. The fourth-order valence-electron chi connectivity index (χ4n) is 3.56. The molecule has 0 aromatic heterocycles. The Morgan fingerprint density at radius 1 is 1.41 bits per heavy atom. The van der Waals surface area contributed by atoms with E-state index >= 15 is 0 Å². The molecule has 2 aliphatic rings. The monoisotopic (exact) mass is 302 g/mol. The van der Waals surface area contributed by atoms with Gasteiger partial charge in [0.1, 0.15) is 0 Å². The number of rotatable bonds is 3. The Kier molecular flexibility index (Phi) is 3.60. The van der Waals surface area contributed by atoms with Crippen LogP contribution in [0.3, 0.4) is 0 Å². The molecule has 1 fully saturated rings. The number of methoxy groups -OCH3 is 1. The Bertz CT molecular complexity index is 668.